The van der Waals surface area contributed by atoms with Gasteiger partial charge in [-0.15, -0.1) is 0 Å². The number of hydrogen-bond donors (Lipinski definition) is 2. The molecule has 0 aromatic heterocycles. The Kier molecular flexibility index (Phi) is 21.8. The highest BCUT2D eigenvalue weighted by molar-refractivity contribution is 5.73. The lowest BCUT2D eigenvalue weighted by atomic mass is 9.83. The molecule has 0 radical (unpaired) electrons. The van der Waals surface area contributed by atoms with Gasteiger partial charge >= 0.3 is 11.9 Å². The van der Waals surface area contributed by atoms with Gasteiger partial charge in [-0.05, 0) is 77.6 Å². The number of unbranched alkanes of at least 4 members (excludes halogenated alkanes) is 18. The van der Waals surface area contributed by atoms with Crippen LogP contribution >= 0.6 is 0 Å². The summed E-state index contributed by atoms with van der Waals surface area (Å²) in [7, 11) is 9.29. The zero-order chi connectivity index (χ0) is 54.1. The summed E-state index contributed by atoms with van der Waals surface area (Å²) in [4.78, 5) is 27.5. The number of carboxylic acids is 2. The van der Waals surface area contributed by atoms with Crippen molar-refractivity contribution >= 4 is 11.9 Å². The number of fused-ring (bicyclic) bond motifs is 2. The molecule has 4 aromatic carbocycles. The third-order valence-corrected chi connectivity index (χ3v) is 17.8. The Morgan fingerprint density at radius 2 is 1.01 bits per heavy atom. The summed E-state index contributed by atoms with van der Waals surface area (Å²) in [6.45, 7) is 5.79. The summed E-state index contributed by atoms with van der Waals surface area (Å²) in [5, 5.41) is 22.5. The number of hydrogen-bond acceptors (Lipinski definition) is 7. The minimum Gasteiger partial charge on any atom is -0.497 e. The van der Waals surface area contributed by atoms with Gasteiger partial charge in [0.2, 0.25) is 0 Å². The van der Waals surface area contributed by atoms with Crippen LogP contribution in [0, 0.1) is 0 Å². The van der Waals surface area contributed by atoms with Crippen LogP contribution in [0.25, 0.3) is 0 Å². The third kappa shape index (κ3) is 14.5. The van der Waals surface area contributed by atoms with Gasteiger partial charge in [-0.3, -0.25) is 0 Å². The number of methoxy groups -OCH3 is 3. The van der Waals surface area contributed by atoms with Crippen LogP contribution in [0.4, 0.5) is 0 Å². The van der Waals surface area contributed by atoms with Crippen LogP contribution in [0.1, 0.15) is 201 Å². The molecule has 4 heterocycles. The maximum atomic E-state index is 13.8. The fourth-order valence-corrected chi connectivity index (χ4v) is 13.2. The van der Waals surface area contributed by atoms with Crippen LogP contribution < -0.4 is 23.7 Å². The van der Waals surface area contributed by atoms with E-state index in [1.165, 1.54) is 89.9 Å². The molecule has 6 bridgehead atoms. The minimum atomic E-state index is -0.782. The van der Waals surface area contributed by atoms with Gasteiger partial charge in [-0.25, -0.2) is 9.59 Å². The molecule has 4 aliphatic heterocycles. The maximum Gasteiger partial charge on any atom is 0.362 e. The van der Waals surface area contributed by atoms with Gasteiger partial charge in [-0.2, -0.15) is 0 Å². The van der Waals surface area contributed by atoms with Gasteiger partial charge in [0.05, 0.1) is 54.1 Å². The molecular formula is C65H94N2O9+2. The average Bonchev–Trinajstić information content (AvgIpc) is 3.44. The summed E-state index contributed by atoms with van der Waals surface area (Å²) in [6.07, 6.45) is 27.4. The van der Waals surface area contributed by atoms with Gasteiger partial charge in [0.1, 0.15) is 29.3 Å². The molecule has 2 N–H and O–H groups in total. The van der Waals surface area contributed by atoms with Gasteiger partial charge in [-0.1, -0.05) is 148 Å². The lowest BCUT2D eigenvalue weighted by molar-refractivity contribution is -0.956. The number of ether oxygens (including phenoxy) is 5. The van der Waals surface area contributed by atoms with Crippen LogP contribution in [-0.2, 0) is 35.3 Å². The second-order valence-corrected chi connectivity index (χ2v) is 23.0. The maximum absolute atomic E-state index is 13.8. The molecule has 6 atom stereocenters. The molecule has 0 spiro atoms. The molecule has 11 nitrogen and oxygen atoms in total. The lowest BCUT2D eigenvalue weighted by Gasteiger charge is -2.49. The first-order valence-corrected chi connectivity index (χ1v) is 29.6. The summed E-state index contributed by atoms with van der Waals surface area (Å²) in [6, 6.07) is 20.7. The van der Waals surface area contributed by atoms with Gasteiger partial charge in [0.25, 0.3) is 0 Å². The topological polar surface area (TPSA) is 121 Å². The van der Waals surface area contributed by atoms with E-state index in [2.05, 4.69) is 64.3 Å². The molecular weight excluding hydrogens is 953 g/mol. The van der Waals surface area contributed by atoms with Crippen LogP contribution in [0.3, 0.4) is 0 Å². The van der Waals surface area contributed by atoms with E-state index in [9.17, 15) is 19.8 Å². The van der Waals surface area contributed by atoms with Crippen molar-refractivity contribution in [3.63, 3.8) is 0 Å². The molecule has 0 saturated carbocycles. The van der Waals surface area contributed by atoms with Crippen molar-refractivity contribution in [3.05, 3.63) is 100 Å². The van der Waals surface area contributed by atoms with E-state index in [4.69, 9.17) is 23.7 Å². The largest absolute Gasteiger partial charge is 0.497 e. The fourth-order valence-electron chi connectivity index (χ4n) is 13.2. The fraction of sp³-hybridized carbons (Fsp3) is 0.600. The average molecular weight is 1050 g/mol. The minimum absolute atomic E-state index is 0.224. The highest BCUT2D eigenvalue weighted by Crippen LogP contribution is 2.51. The molecule has 11 heteroatoms. The third-order valence-electron chi connectivity index (χ3n) is 17.8. The highest BCUT2D eigenvalue weighted by Gasteiger charge is 2.51. The van der Waals surface area contributed by atoms with Crippen molar-refractivity contribution in [2.24, 2.45) is 0 Å². The Bertz CT molecular complexity index is 2490. The Morgan fingerprint density at radius 3 is 1.54 bits per heavy atom. The predicted molar refractivity (Wildman–Crippen MR) is 304 cm³/mol. The smallest absolute Gasteiger partial charge is 0.362 e. The number of carboxylic acid groups (broad SMARTS) is 2. The quantitative estimate of drug-likeness (QED) is 0.0404. The Hall–Kier alpha value is -5.26. The van der Waals surface area contributed by atoms with E-state index in [1.54, 1.807) is 21.3 Å². The molecule has 416 valence electrons. The first kappa shape index (κ1) is 58.4. The molecule has 6 unspecified atom stereocenters. The van der Waals surface area contributed by atoms with Gasteiger partial charge in [0.15, 0.2) is 35.1 Å². The zero-order valence-corrected chi connectivity index (χ0v) is 47.6. The first-order chi connectivity index (χ1) is 36.9. The Balaban J connectivity index is 1.29. The molecule has 0 aliphatic carbocycles. The molecule has 4 aromatic rings. The summed E-state index contributed by atoms with van der Waals surface area (Å²) < 4.78 is 32.8. The molecule has 0 amide bonds. The van der Waals surface area contributed by atoms with Crippen LogP contribution in [-0.4, -0.2) is 91.7 Å². The lowest BCUT2D eigenvalue weighted by Crippen LogP contribution is -2.61. The summed E-state index contributed by atoms with van der Waals surface area (Å²) in [5.41, 5.74) is 6.25. The molecule has 4 aliphatic rings. The van der Waals surface area contributed by atoms with Crippen molar-refractivity contribution in [2.75, 3.05) is 48.5 Å². The van der Waals surface area contributed by atoms with E-state index in [1.807, 2.05) is 30.3 Å². The van der Waals surface area contributed by atoms with Crippen LogP contribution in [0.5, 0.6) is 40.2 Å². The predicted octanol–water partition coefficient (Wildman–Crippen LogP) is 15.7. The number of likely N-dealkylation sites (N-methyl/N-ethyl adjacent to an activating group) is 2. The van der Waals surface area contributed by atoms with E-state index >= 15 is 0 Å². The van der Waals surface area contributed by atoms with Crippen molar-refractivity contribution in [2.45, 2.75) is 205 Å². The van der Waals surface area contributed by atoms with E-state index < -0.39 is 24.0 Å². The molecule has 0 saturated heterocycles. The summed E-state index contributed by atoms with van der Waals surface area (Å²) >= 11 is 0. The monoisotopic (exact) mass is 1050 g/mol. The van der Waals surface area contributed by atoms with E-state index in [0.29, 0.717) is 101 Å². The number of rotatable bonds is 29. The normalized spacial score (nSPS) is 20.5. The van der Waals surface area contributed by atoms with Gasteiger partial charge < -0.3 is 42.9 Å². The van der Waals surface area contributed by atoms with E-state index in [-0.39, 0.29) is 12.1 Å². The van der Waals surface area contributed by atoms with Gasteiger partial charge in [0, 0.05) is 50.2 Å². The number of aliphatic carboxylic acids is 2. The SMILES string of the molecule is CCCCCCCCCCCCC(C(=O)O)[N+]1(C)CCc2cc(OC)c3cc2C1Cc1ccc(cc1)Oc1cc(ccc1OC)CC1c2c(cc(OC)cc2O3)CC[N+]1(C)C(CCCCCCCCCCCC)C(=O)O. The molecule has 8 rings (SSSR count). The van der Waals surface area contributed by atoms with Crippen molar-refractivity contribution in [1.82, 2.24) is 0 Å². The highest BCUT2D eigenvalue weighted by atomic mass is 16.5. The number of quaternary nitrogens is 2. The van der Waals surface area contributed by atoms with Crippen molar-refractivity contribution in [1.29, 1.82) is 0 Å². The second-order valence-electron chi connectivity index (χ2n) is 23.0. The Labute approximate surface area is 456 Å². The second kappa shape index (κ2) is 28.4. The number of nitrogens with zero attached hydrogens (tertiary/aromatic N) is 2. The summed E-state index contributed by atoms with van der Waals surface area (Å²) in [5.74, 6) is 2.67. The zero-order valence-electron chi connectivity index (χ0n) is 47.6. The number of carbonyl (C=O) groups is 2. The van der Waals surface area contributed by atoms with E-state index in [0.717, 1.165) is 71.9 Å². The molecule has 0 fully saturated rings. The Morgan fingerprint density at radius 1 is 0.526 bits per heavy atom. The first-order valence-electron chi connectivity index (χ1n) is 29.6. The standard InChI is InChI=1S/C65H92N2O9/c1-8-10-12-14-16-18-20-22-24-26-28-54(64(68)69)66(3)38-36-49-44-59(74-7)61-46-53(49)56(66)40-47-30-33-51(34-31-47)75-60-42-48(32-35-58(60)73-6)41-57-63-50(43-52(72-5)45-62(63)76-61)37-39-67(57,4)55(65(70)71)29-27-25-23-21-19-17-15-13-11-9-2/h30-35,42-46,54-57H,8-29,36-41H2,1-7H3/p+2. The van der Waals surface area contributed by atoms with Crippen LogP contribution in [0.15, 0.2) is 66.7 Å². The van der Waals surface area contributed by atoms with Crippen LogP contribution in [0.2, 0.25) is 0 Å². The molecule has 76 heavy (non-hydrogen) atoms. The van der Waals surface area contributed by atoms with Crippen molar-refractivity contribution in [3.8, 4) is 40.2 Å². The number of benzene rings is 4. The van der Waals surface area contributed by atoms with Crippen molar-refractivity contribution < 1.29 is 52.5 Å².